The van der Waals surface area contributed by atoms with Crippen molar-refractivity contribution in [3.8, 4) is 22.5 Å². The molecule has 0 radical (unpaired) electrons. The Bertz CT molecular complexity index is 1420. The van der Waals surface area contributed by atoms with Crippen LogP contribution in [-0.2, 0) is 6.54 Å². The fraction of sp³-hybridized carbons (Fsp3) is 0.217. The molecule has 0 unspecified atom stereocenters. The molecule has 164 valence electrons. The van der Waals surface area contributed by atoms with Crippen LogP contribution in [0.15, 0.2) is 62.6 Å². The maximum absolute atomic E-state index is 13.5. The number of hydrogen-bond donors (Lipinski definition) is 2. The second-order valence-electron chi connectivity index (χ2n) is 7.92. The molecule has 2 aromatic heterocycles. The minimum absolute atomic E-state index is 0.106. The van der Waals surface area contributed by atoms with E-state index in [1.54, 1.807) is 18.2 Å². The molecule has 0 saturated carbocycles. The quantitative estimate of drug-likeness (QED) is 0.493. The largest absolute Gasteiger partial charge is 0.465 e. The SMILES string of the molecule is CC(C)Cn1c(N(C)C(=O)O)c(-c2ccccc2)c2cc(-c3noc(=O)[nH]3)ccc2c1=O. The number of hydrogen-bond acceptors (Lipinski definition) is 5. The van der Waals surface area contributed by atoms with Gasteiger partial charge in [-0.1, -0.05) is 55.4 Å². The summed E-state index contributed by atoms with van der Waals surface area (Å²) in [6.07, 6.45) is -1.18. The number of carbonyl (C=O) groups is 1. The number of nitrogens with zero attached hydrogens (tertiary/aromatic N) is 3. The fourth-order valence-corrected chi connectivity index (χ4v) is 3.80. The third kappa shape index (κ3) is 3.68. The Balaban J connectivity index is 2.17. The summed E-state index contributed by atoms with van der Waals surface area (Å²) in [4.78, 5) is 40.5. The molecule has 0 aliphatic carbocycles. The number of carboxylic acid groups (broad SMARTS) is 1. The van der Waals surface area contributed by atoms with Gasteiger partial charge in [-0.05, 0) is 29.0 Å². The summed E-state index contributed by atoms with van der Waals surface area (Å²) in [6.45, 7) is 4.28. The lowest BCUT2D eigenvalue weighted by Crippen LogP contribution is -2.34. The molecule has 2 N–H and O–H groups in total. The van der Waals surface area contributed by atoms with Gasteiger partial charge >= 0.3 is 11.8 Å². The molecule has 0 bridgehead atoms. The predicted molar refractivity (Wildman–Crippen MR) is 121 cm³/mol. The van der Waals surface area contributed by atoms with E-state index in [1.807, 2.05) is 44.2 Å². The normalized spacial score (nSPS) is 11.2. The van der Waals surface area contributed by atoms with E-state index in [-0.39, 0.29) is 23.1 Å². The molecule has 0 aliphatic heterocycles. The van der Waals surface area contributed by atoms with Gasteiger partial charge in [-0.3, -0.25) is 23.8 Å². The van der Waals surface area contributed by atoms with Gasteiger partial charge in [-0.25, -0.2) is 9.59 Å². The molecular weight excluding hydrogens is 412 g/mol. The second-order valence-corrected chi connectivity index (χ2v) is 7.92. The first-order valence-corrected chi connectivity index (χ1v) is 10.1. The van der Waals surface area contributed by atoms with Crippen LogP contribution >= 0.6 is 0 Å². The topological polar surface area (TPSA) is 121 Å². The number of anilines is 1. The molecule has 2 heterocycles. The van der Waals surface area contributed by atoms with Gasteiger partial charge in [-0.2, -0.15) is 0 Å². The third-order valence-electron chi connectivity index (χ3n) is 5.17. The molecule has 32 heavy (non-hydrogen) atoms. The Labute approximate surface area is 182 Å². The molecule has 4 aromatic rings. The van der Waals surface area contributed by atoms with E-state index < -0.39 is 11.8 Å². The van der Waals surface area contributed by atoms with Crippen molar-refractivity contribution in [2.45, 2.75) is 20.4 Å². The first-order chi connectivity index (χ1) is 15.3. The van der Waals surface area contributed by atoms with E-state index in [4.69, 9.17) is 0 Å². The highest BCUT2D eigenvalue weighted by Gasteiger charge is 2.25. The highest BCUT2D eigenvalue weighted by Crippen LogP contribution is 2.37. The summed E-state index contributed by atoms with van der Waals surface area (Å²) in [5.74, 6) is -0.0904. The van der Waals surface area contributed by atoms with Gasteiger partial charge < -0.3 is 5.11 Å². The molecule has 0 spiro atoms. The average molecular weight is 434 g/mol. The van der Waals surface area contributed by atoms with Gasteiger partial charge in [-0.15, -0.1) is 0 Å². The highest BCUT2D eigenvalue weighted by molar-refractivity contribution is 6.05. The maximum Gasteiger partial charge on any atom is 0.439 e. The number of pyridine rings is 1. The van der Waals surface area contributed by atoms with Crippen LogP contribution in [0.5, 0.6) is 0 Å². The van der Waals surface area contributed by atoms with Crippen LogP contribution in [0.25, 0.3) is 33.3 Å². The smallest absolute Gasteiger partial charge is 0.439 e. The molecule has 4 rings (SSSR count). The van der Waals surface area contributed by atoms with Crippen molar-refractivity contribution in [3.63, 3.8) is 0 Å². The number of fused-ring (bicyclic) bond motifs is 1. The molecule has 9 nitrogen and oxygen atoms in total. The van der Waals surface area contributed by atoms with Crippen molar-refractivity contribution in [1.82, 2.24) is 14.7 Å². The Morgan fingerprint density at radius 1 is 1.12 bits per heavy atom. The molecule has 1 amide bonds. The number of rotatable bonds is 5. The van der Waals surface area contributed by atoms with Crippen LogP contribution in [0.4, 0.5) is 10.6 Å². The van der Waals surface area contributed by atoms with Crippen LogP contribution in [-0.4, -0.2) is 33.0 Å². The molecule has 2 aromatic carbocycles. The average Bonchev–Trinajstić information content (AvgIpc) is 3.21. The van der Waals surface area contributed by atoms with E-state index in [1.165, 1.54) is 11.6 Å². The van der Waals surface area contributed by atoms with Gasteiger partial charge in [0, 0.05) is 30.1 Å². The van der Waals surface area contributed by atoms with Crippen LogP contribution in [0, 0.1) is 5.92 Å². The molecule has 0 atom stereocenters. The standard InChI is InChI=1S/C23H22N4O5/c1-13(2)12-27-20(26(3)23(30)31)18(14-7-5-4-6-8-14)17-11-15(9-10-16(17)21(27)28)19-24-22(29)32-25-19/h4-11,13H,12H2,1-3H3,(H,30,31)(H,24,25,29). The summed E-state index contributed by atoms with van der Waals surface area (Å²) in [5, 5.41) is 14.5. The minimum atomic E-state index is -1.18. The summed E-state index contributed by atoms with van der Waals surface area (Å²) in [6, 6.07) is 14.3. The number of H-pyrrole nitrogens is 1. The maximum atomic E-state index is 13.5. The minimum Gasteiger partial charge on any atom is -0.465 e. The van der Waals surface area contributed by atoms with Gasteiger partial charge in [0.05, 0.1) is 0 Å². The molecule has 9 heteroatoms. The molecule has 0 fully saturated rings. The van der Waals surface area contributed by atoms with Gasteiger partial charge in [0.15, 0.2) is 5.82 Å². The van der Waals surface area contributed by atoms with Crippen LogP contribution < -0.4 is 16.2 Å². The van der Waals surface area contributed by atoms with Gasteiger partial charge in [0.1, 0.15) is 5.82 Å². The highest BCUT2D eigenvalue weighted by atomic mass is 16.5. The summed E-state index contributed by atoms with van der Waals surface area (Å²) < 4.78 is 6.13. The Kier molecular flexibility index (Phi) is 5.40. The summed E-state index contributed by atoms with van der Waals surface area (Å²) in [7, 11) is 1.42. The Morgan fingerprint density at radius 3 is 2.44 bits per heavy atom. The lowest BCUT2D eigenvalue weighted by Gasteiger charge is -2.26. The number of amides is 1. The number of nitrogens with one attached hydrogen (secondary N) is 1. The van der Waals surface area contributed by atoms with Crippen LogP contribution in [0.1, 0.15) is 13.8 Å². The van der Waals surface area contributed by atoms with Crippen molar-refractivity contribution in [3.05, 3.63) is 69.4 Å². The predicted octanol–water partition coefficient (Wildman–Crippen LogP) is 3.78. The Morgan fingerprint density at radius 2 is 1.84 bits per heavy atom. The first kappa shape index (κ1) is 21.1. The molecule has 0 aliphatic rings. The van der Waals surface area contributed by atoms with Crippen molar-refractivity contribution in [1.29, 1.82) is 0 Å². The van der Waals surface area contributed by atoms with E-state index in [0.29, 0.717) is 28.4 Å². The monoisotopic (exact) mass is 434 g/mol. The van der Waals surface area contributed by atoms with Crippen molar-refractivity contribution < 1.29 is 14.4 Å². The Hall–Kier alpha value is -4.14. The van der Waals surface area contributed by atoms with E-state index in [0.717, 1.165) is 10.5 Å². The van der Waals surface area contributed by atoms with Crippen LogP contribution in [0.3, 0.4) is 0 Å². The van der Waals surface area contributed by atoms with Crippen molar-refractivity contribution >= 4 is 22.7 Å². The van der Waals surface area contributed by atoms with E-state index in [2.05, 4.69) is 14.7 Å². The lowest BCUT2D eigenvalue weighted by atomic mass is 9.96. The zero-order chi connectivity index (χ0) is 23.0. The zero-order valence-corrected chi connectivity index (χ0v) is 17.8. The fourth-order valence-electron chi connectivity index (χ4n) is 3.80. The number of benzene rings is 2. The van der Waals surface area contributed by atoms with Gasteiger partial charge in [0.25, 0.3) is 5.56 Å². The second kappa shape index (κ2) is 8.18. The lowest BCUT2D eigenvalue weighted by molar-refractivity contribution is 0.203. The van der Waals surface area contributed by atoms with Crippen LogP contribution in [0.2, 0.25) is 0 Å². The summed E-state index contributed by atoms with van der Waals surface area (Å²) >= 11 is 0. The number of aromatic nitrogens is 3. The van der Waals surface area contributed by atoms with Gasteiger partial charge in [0.2, 0.25) is 0 Å². The molecular formula is C23H22N4O5. The summed E-state index contributed by atoms with van der Waals surface area (Å²) in [5.41, 5.74) is 1.59. The van der Waals surface area contributed by atoms with E-state index >= 15 is 0 Å². The first-order valence-electron chi connectivity index (χ1n) is 10.1. The van der Waals surface area contributed by atoms with E-state index in [9.17, 15) is 19.5 Å². The third-order valence-corrected chi connectivity index (χ3v) is 5.17. The molecule has 0 saturated heterocycles. The van der Waals surface area contributed by atoms with Crippen molar-refractivity contribution in [2.24, 2.45) is 5.92 Å². The van der Waals surface area contributed by atoms with Crippen molar-refractivity contribution in [2.75, 3.05) is 11.9 Å². The number of aromatic amines is 1. The zero-order valence-electron chi connectivity index (χ0n) is 17.8.